The molecular formula is C12H13NOS. The van der Waals surface area contributed by atoms with Gasteiger partial charge in [-0.05, 0) is 18.6 Å². The molecule has 0 radical (unpaired) electrons. The molecule has 2 N–H and O–H groups in total. The Morgan fingerprint density at radius 2 is 2.00 bits per heavy atom. The second kappa shape index (κ2) is 4.94. The lowest BCUT2D eigenvalue weighted by molar-refractivity contribution is 0.466. The smallest absolute Gasteiger partial charge is 0.117 e. The number of benzene rings is 1. The molecule has 0 aliphatic heterocycles. The van der Waals surface area contributed by atoms with E-state index in [1.165, 1.54) is 12.0 Å². The molecule has 0 aromatic heterocycles. The summed E-state index contributed by atoms with van der Waals surface area (Å²) in [5.41, 5.74) is 6.49. The van der Waals surface area contributed by atoms with E-state index in [-0.39, 0.29) is 0 Å². The Hall–Kier alpha value is -1.35. The van der Waals surface area contributed by atoms with E-state index < -0.39 is 0 Å². The minimum Gasteiger partial charge on any atom is -0.425 e. The van der Waals surface area contributed by atoms with Crippen LogP contribution >= 0.6 is 12.0 Å². The third-order valence-electron chi connectivity index (χ3n) is 2.09. The van der Waals surface area contributed by atoms with E-state index in [1.54, 1.807) is 0 Å². The topological polar surface area (TPSA) is 35.2 Å². The highest BCUT2D eigenvalue weighted by Crippen LogP contribution is 2.26. The highest BCUT2D eigenvalue weighted by molar-refractivity contribution is 7.94. The summed E-state index contributed by atoms with van der Waals surface area (Å²) in [6, 6.07) is 10.0. The molecular weight excluding hydrogens is 206 g/mol. The van der Waals surface area contributed by atoms with E-state index in [4.69, 9.17) is 9.92 Å². The summed E-state index contributed by atoms with van der Waals surface area (Å²) in [5.74, 6) is 0.948. The maximum Gasteiger partial charge on any atom is 0.117 e. The van der Waals surface area contributed by atoms with Gasteiger partial charge in [0, 0.05) is 23.1 Å². The lowest BCUT2D eigenvalue weighted by Gasteiger charge is -2.11. The van der Waals surface area contributed by atoms with Crippen LogP contribution in [0.5, 0.6) is 0 Å². The van der Waals surface area contributed by atoms with Crippen molar-refractivity contribution < 1.29 is 4.18 Å². The molecule has 1 aromatic rings. The molecule has 0 fully saturated rings. The van der Waals surface area contributed by atoms with Crippen LogP contribution in [0.25, 0.3) is 0 Å². The summed E-state index contributed by atoms with van der Waals surface area (Å²) in [7, 11) is 0. The first-order valence-corrected chi connectivity index (χ1v) is 5.64. The molecule has 3 heteroatoms. The maximum absolute atomic E-state index is 5.69. The Labute approximate surface area is 94.0 Å². The van der Waals surface area contributed by atoms with E-state index in [9.17, 15) is 0 Å². The van der Waals surface area contributed by atoms with Gasteiger partial charge in [-0.15, -0.1) is 0 Å². The summed E-state index contributed by atoms with van der Waals surface area (Å²) in [6.45, 7) is 0. The van der Waals surface area contributed by atoms with Crippen molar-refractivity contribution in [3.05, 3.63) is 53.9 Å². The van der Waals surface area contributed by atoms with Gasteiger partial charge in [0.2, 0.25) is 0 Å². The normalized spacial score (nSPS) is 15.5. The molecule has 1 aliphatic rings. The molecule has 0 bridgehead atoms. The monoisotopic (exact) mass is 219 g/mol. The van der Waals surface area contributed by atoms with Gasteiger partial charge >= 0.3 is 0 Å². The highest BCUT2D eigenvalue weighted by atomic mass is 32.2. The predicted molar refractivity (Wildman–Crippen MR) is 63.0 cm³/mol. The van der Waals surface area contributed by atoms with Gasteiger partial charge in [-0.2, -0.15) is 0 Å². The molecule has 0 spiro atoms. The van der Waals surface area contributed by atoms with E-state index in [0.717, 1.165) is 29.2 Å². The van der Waals surface area contributed by atoms with Crippen molar-refractivity contribution in [2.24, 2.45) is 5.73 Å². The Bertz CT molecular complexity index is 384. The van der Waals surface area contributed by atoms with Crippen LogP contribution < -0.4 is 5.73 Å². The fourth-order valence-electron chi connectivity index (χ4n) is 1.34. The first-order valence-electron chi connectivity index (χ1n) is 4.90. The van der Waals surface area contributed by atoms with Crippen molar-refractivity contribution in [2.75, 3.05) is 0 Å². The average Bonchev–Trinajstić information content (AvgIpc) is 2.28. The van der Waals surface area contributed by atoms with Crippen molar-refractivity contribution in [1.29, 1.82) is 0 Å². The Morgan fingerprint density at radius 3 is 2.73 bits per heavy atom. The van der Waals surface area contributed by atoms with Gasteiger partial charge in [-0.25, -0.2) is 0 Å². The predicted octanol–water partition coefficient (Wildman–Crippen LogP) is 3.23. The van der Waals surface area contributed by atoms with Crippen LogP contribution in [-0.4, -0.2) is 0 Å². The lowest BCUT2D eigenvalue weighted by atomic mass is 10.1. The molecule has 2 nitrogen and oxygen atoms in total. The first kappa shape index (κ1) is 10.2. The van der Waals surface area contributed by atoms with Crippen LogP contribution in [0.2, 0.25) is 0 Å². The van der Waals surface area contributed by atoms with Crippen molar-refractivity contribution >= 4 is 12.0 Å². The highest BCUT2D eigenvalue weighted by Gasteiger charge is 2.05. The van der Waals surface area contributed by atoms with E-state index in [1.807, 2.05) is 42.5 Å². The maximum atomic E-state index is 5.69. The molecule has 15 heavy (non-hydrogen) atoms. The number of allylic oxidation sites excluding steroid dienone is 3. The van der Waals surface area contributed by atoms with E-state index >= 15 is 0 Å². The second-order valence-corrected chi connectivity index (χ2v) is 4.14. The first-order chi connectivity index (χ1) is 7.34. The minimum atomic E-state index is 0.796. The Kier molecular flexibility index (Phi) is 3.35. The fourth-order valence-corrected chi connectivity index (χ4v) is 1.94. The molecule has 0 saturated carbocycles. The number of rotatable bonds is 3. The molecule has 0 unspecified atom stereocenters. The van der Waals surface area contributed by atoms with Gasteiger partial charge in [0.25, 0.3) is 0 Å². The summed E-state index contributed by atoms with van der Waals surface area (Å²) in [5, 5.41) is 0. The summed E-state index contributed by atoms with van der Waals surface area (Å²) >= 11 is 1.38. The molecule has 0 saturated heterocycles. The standard InChI is InChI=1S/C12H13NOS/c13-10-5-4-6-11(9-10)14-15-12-7-2-1-3-8-12/h1-3,5,7-9H,4,6,13H2. The van der Waals surface area contributed by atoms with Gasteiger partial charge < -0.3 is 9.92 Å². The molecule has 0 atom stereocenters. The minimum absolute atomic E-state index is 0.796. The van der Waals surface area contributed by atoms with Crippen molar-refractivity contribution in [2.45, 2.75) is 17.7 Å². The molecule has 1 aromatic carbocycles. The summed E-state index contributed by atoms with van der Waals surface area (Å²) in [4.78, 5) is 1.10. The number of hydrogen-bond acceptors (Lipinski definition) is 3. The zero-order valence-electron chi connectivity index (χ0n) is 8.35. The molecule has 0 amide bonds. The van der Waals surface area contributed by atoms with Gasteiger partial charge in [0.15, 0.2) is 0 Å². The van der Waals surface area contributed by atoms with Crippen molar-refractivity contribution in [3.8, 4) is 0 Å². The number of hydrogen-bond donors (Lipinski definition) is 1. The van der Waals surface area contributed by atoms with Gasteiger partial charge in [0.05, 0.1) is 12.0 Å². The van der Waals surface area contributed by atoms with Gasteiger partial charge in [0.1, 0.15) is 5.76 Å². The molecule has 0 heterocycles. The SMILES string of the molecule is NC1=CCCC(OSc2ccccc2)=C1. The average molecular weight is 219 g/mol. The van der Waals surface area contributed by atoms with Gasteiger partial charge in [-0.1, -0.05) is 24.3 Å². The van der Waals surface area contributed by atoms with Crippen LogP contribution in [0.3, 0.4) is 0 Å². The van der Waals surface area contributed by atoms with Crippen molar-refractivity contribution in [3.63, 3.8) is 0 Å². The summed E-state index contributed by atoms with van der Waals surface area (Å²) in [6.07, 6.45) is 5.80. The van der Waals surface area contributed by atoms with Gasteiger partial charge in [-0.3, -0.25) is 0 Å². The molecule has 1 aliphatic carbocycles. The van der Waals surface area contributed by atoms with Crippen LogP contribution in [-0.2, 0) is 4.18 Å². The third kappa shape index (κ3) is 3.06. The van der Waals surface area contributed by atoms with Crippen LogP contribution in [0.4, 0.5) is 0 Å². The van der Waals surface area contributed by atoms with Crippen molar-refractivity contribution in [1.82, 2.24) is 0 Å². The Balaban J connectivity index is 1.91. The van der Waals surface area contributed by atoms with E-state index in [0.29, 0.717) is 0 Å². The van der Waals surface area contributed by atoms with Crippen LogP contribution in [0.1, 0.15) is 12.8 Å². The third-order valence-corrected chi connectivity index (χ3v) is 2.85. The van der Waals surface area contributed by atoms with Crippen LogP contribution in [0.15, 0.2) is 58.8 Å². The second-order valence-electron chi connectivity index (χ2n) is 3.33. The number of nitrogens with two attached hydrogens (primary N) is 1. The zero-order valence-corrected chi connectivity index (χ0v) is 9.17. The zero-order chi connectivity index (χ0) is 10.5. The molecule has 2 rings (SSSR count). The van der Waals surface area contributed by atoms with E-state index in [2.05, 4.69) is 0 Å². The largest absolute Gasteiger partial charge is 0.425 e. The lowest BCUT2D eigenvalue weighted by Crippen LogP contribution is -2.00. The van der Waals surface area contributed by atoms with Crippen LogP contribution in [0, 0.1) is 0 Å². The Morgan fingerprint density at radius 1 is 1.20 bits per heavy atom. The quantitative estimate of drug-likeness (QED) is 0.793. The summed E-state index contributed by atoms with van der Waals surface area (Å²) < 4.78 is 5.60. The fraction of sp³-hybridized carbons (Fsp3) is 0.167. The molecule has 78 valence electrons.